The first-order valence-electron chi connectivity index (χ1n) is 7.70. The molecule has 0 atom stereocenters. The van der Waals surface area contributed by atoms with Gasteiger partial charge in [-0.15, -0.1) is 11.3 Å². The van der Waals surface area contributed by atoms with Crippen LogP contribution in [0, 0.1) is 0 Å². The number of nitrogens with zero attached hydrogens (tertiary/aromatic N) is 2. The van der Waals surface area contributed by atoms with Crippen molar-refractivity contribution in [3.8, 4) is 0 Å². The predicted octanol–water partition coefficient (Wildman–Crippen LogP) is 4.15. The molecule has 22 heavy (non-hydrogen) atoms. The van der Waals surface area contributed by atoms with Gasteiger partial charge >= 0.3 is 0 Å². The van der Waals surface area contributed by atoms with Crippen molar-refractivity contribution in [3.63, 3.8) is 0 Å². The molecule has 4 heteroatoms. The monoisotopic (exact) mass is 316 g/mol. The Morgan fingerprint density at radius 3 is 2.59 bits per heavy atom. The number of hydrogen-bond donors (Lipinski definition) is 0. The van der Waals surface area contributed by atoms with Gasteiger partial charge < -0.3 is 4.90 Å². The largest absolute Gasteiger partial charge is 0.338 e. The number of aromatic nitrogens is 1. The van der Waals surface area contributed by atoms with Crippen molar-refractivity contribution in [3.05, 3.63) is 52.0 Å². The molecule has 2 aromatic rings. The maximum Gasteiger partial charge on any atom is 0.263 e. The average Bonchev–Trinajstić information content (AvgIpc) is 2.98. The summed E-state index contributed by atoms with van der Waals surface area (Å²) in [4.78, 5) is 20.8. The maximum absolute atomic E-state index is 12.7. The van der Waals surface area contributed by atoms with Crippen molar-refractivity contribution in [2.45, 2.75) is 39.5 Å². The number of likely N-dealkylation sites (N-methyl/N-ethyl adjacent to an activating group) is 1. The Labute approximate surface area is 137 Å². The molecule has 0 saturated carbocycles. The lowest BCUT2D eigenvalue weighted by molar-refractivity contribution is 0.0771. The van der Waals surface area contributed by atoms with E-state index in [9.17, 15) is 4.79 Å². The molecule has 0 saturated heterocycles. The molecule has 0 radical (unpaired) electrons. The van der Waals surface area contributed by atoms with Crippen LogP contribution in [0.3, 0.4) is 0 Å². The molecule has 118 valence electrons. The molecule has 0 aliphatic carbocycles. The molecular formula is C18H24N2OS. The fraction of sp³-hybridized carbons (Fsp3) is 0.444. The molecule has 2 aromatic heterocycles. The summed E-state index contributed by atoms with van der Waals surface area (Å²) in [6, 6.07) is 8.02. The lowest BCUT2D eigenvalue weighted by Crippen LogP contribution is -2.32. The van der Waals surface area contributed by atoms with E-state index in [1.54, 1.807) is 17.5 Å². The van der Waals surface area contributed by atoms with E-state index in [2.05, 4.69) is 31.8 Å². The summed E-state index contributed by atoms with van der Waals surface area (Å²) < 4.78 is 0. The minimum absolute atomic E-state index is 0.0932. The van der Waals surface area contributed by atoms with Gasteiger partial charge in [0, 0.05) is 30.4 Å². The Kier molecular flexibility index (Phi) is 5.35. The minimum atomic E-state index is 0.0932. The summed E-state index contributed by atoms with van der Waals surface area (Å²) in [5.74, 6) is 0.131. The third kappa shape index (κ3) is 4.17. The van der Waals surface area contributed by atoms with Crippen LogP contribution in [-0.4, -0.2) is 28.9 Å². The number of carbonyl (C=O) groups excluding carboxylic acids is 1. The van der Waals surface area contributed by atoms with Gasteiger partial charge in [0.15, 0.2) is 0 Å². The Morgan fingerprint density at radius 2 is 2.05 bits per heavy atom. The van der Waals surface area contributed by atoms with Crippen molar-refractivity contribution < 1.29 is 4.79 Å². The molecule has 1 amide bonds. The van der Waals surface area contributed by atoms with Crippen molar-refractivity contribution in [1.82, 2.24) is 9.88 Å². The van der Waals surface area contributed by atoms with Gasteiger partial charge in [-0.3, -0.25) is 9.78 Å². The third-order valence-corrected chi connectivity index (χ3v) is 5.12. The second kappa shape index (κ2) is 7.05. The number of rotatable bonds is 5. The first-order valence-corrected chi connectivity index (χ1v) is 8.52. The zero-order chi connectivity index (χ0) is 16.2. The number of thiophene rings is 1. The van der Waals surface area contributed by atoms with Crippen LogP contribution in [-0.2, 0) is 11.8 Å². The first-order chi connectivity index (χ1) is 10.4. The van der Waals surface area contributed by atoms with E-state index in [-0.39, 0.29) is 11.3 Å². The van der Waals surface area contributed by atoms with Gasteiger partial charge in [-0.25, -0.2) is 0 Å². The van der Waals surface area contributed by atoms with E-state index in [0.29, 0.717) is 0 Å². The highest BCUT2D eigenvalue weighted by Gasteiger charge is 2.21. The van der Waals surface area contributed by atoms with Gasteiger partial charge in [0.05, 0.1) is 4.88 Å². The van der Waals surface area contributed by atoms with Crippen LogP contribution in [0.1, 0.15) is 47.8 Å². The summed E-state index contributed by atoms with van der Waals surface area (Å²) in [6.07, 6.45) is 4.47. The minimum Gasteiger partial charge on any atom is -0.338 e. The predicted molar refractivity (Wildman–Crippen MR) is 92.5 cm³/mol. The van der Waals surface area contributed by atoms with E-state index in [0.717, 1.165) is 30.0 Å². The fourth-order valence-electron chi connectivity index (χ4n) is 2.23. The van der Waals surface area contributed by atoms with Crippen molar-refractivity contribution in [1.29, 1.82) is 0 Å². The van der Waals surface area contributed by atoms with Crippen molar-refractivity contribution >= 4 is 17.2 Å². The Morgan fingerprint density at radius 1 is 1.27 bits per heavy atom. The third-order valence-electron chi connectivity index (χ3n) is 3.62. The first kappa shape index (κ1) is 16.7. The number of carbonyl (C=O) groups is 1. The molecule has 3 nitrogen and oxygen atoms in total. The topological polar surface area (TPSA) is 33.2 Å². The standard InChI is InChI=1S/C18H24N2OS/c1-5-20(12-10-14-7-6-11-19-13-14)17(21)15-8-9-16(22-15)18(2,3)4/h6-9,11,13H,5,10,12H2,1-4H3. The molecule has 0 unspecified atom stereocenters. The van der Waals surface area contributed by atoms with Gasteiger partial charge in [-0.05, 0) is 42.5 Å². The van der Waals surface area contributed by atoms with E-state index in [1.807, 2.05) is 36.2 Å². The number of hydrogen-bond acceptors (Lipinski definition) is 3. The van der Waals surface area contributed by atoms with Crippen LogP contribution >= 0.6 is 11.3 Å². The lowest BCUT2D eigenvalue weighted by Gasteiger charge is -2.20. The molecule has 0 spiro atoms. The quantitative estimate of drug-likeness (QED) is 0.830. The summed E-state index contributed by atoms with van der Waals surface area (Å²) in [6.45, 7) is 10.00. The molecule has 2 heterocycles. The summed E-state index contributed by atoms with van der Waals surface area (Å²) in [5.41, 5.74) is 1.26. The van der Waals surface area contributed by atoms with E-state index in [1.165, 1.54) is 4.88 Å². The molecule has 0 fully saturated rings. The van der Waals surface area contributed by atoms with Gasteiger partial charge in [0.25, 0.3) is 5.91 Å². The van der Waals surface area contributed by atoms with Crippen LogP contribution < -0.4 is 0 Å². The Bertz CT molecular complexity index is 614. The van der Waals surface area contributed by atoms with Crippen LogP contribution in [0.2, 0.25) is 0 Å². The molecule has 2 rings (SSSR count). The van der Waals surface area contributed by atoms with E-state index >= 15 is 0 Å². The van der Waals surface area contributed by atoms with E-state index in [4.69, 9.17) is 0 Å². The smallest absolute Gasteiger partial charge is 0.263 e. The zero-order valence-electron chi connectivity index (χ0n) is 13.8. The summed E-state index contributed by atoms with van der Waals surface area (Å²) in [5, 5.41) is 0. The highest BCUT2D eigenvalue weighted by molar-refractivity contribution is 7.14. The second-order valence-corrected chi connectivity index (χ2v) is 7.49. The van der Waals surface area contributed by atoms with Crippen molar-refractivity contribution in [2.24, 2.45) is 0 Å². The molecular weight excluding hydrogens is 292 g/mol. The molecule has 0 bridgehead atoms. The van der Waals surface area contributed by atoms with Crippen LogP contribution in [0.4, 0.5) is 0 Å². The zero-order valence-corrected chi connectivity index (χ0v) is 14.6. The SMILES string of the molecule is CCN(CCc1cccnc1)C(=O)c1ccc(C(C)(C)C)s1. The highest BCUT2D eigenvalue weighted by Crippen LogP contribution is 2.30. The Balaban J connectivity index is 2.04. The molecule has 0 aliphatic rings. The van der Waals surface area contributed by atoms with Crippen LogP contribution in [0.15, 0.2) is 36.7 Å². The fourth-order valence-corrected chi connectivity index (χ4v) is 3.26. The average molecular weight is 316 g/mol. The lowest BCUT2D eigenvalue weighted by atomic mass is 9.95. The molecule has 0 aromatic carbocycles. The molecule has 0 aliphatic heterocycles. The van der Waals surface area contributed by atoms with Crippen LogP contribution in [0.5, 0.6) is 0 Å². The highest BCUT2D eigenvalue weighted by atomic mass is 32.1. The Hall–Kier alpha value is -1.68. The van der Waals surface area contributed by atoms with E-state index < -0.39 is 0 Å². The van der Waals surface area contributed by atoms with Gasteiger partial charge in [0.2, 0.25) is 0 Å². The van der Waals surface area contributed by atoms with Crippen LogP contribution in [0.25, 0.3) is 0 Å². The normalized spacial score (nSPS) is 11.5. The van der Waals surface area contributed by atoms with Gasteiger partial charge in [0.1, 0.15) is 0 Å². The molecule has 0 N–H and O–H groups in total. The summed E-state index contributed by atoms with van der Waals surface area (Å²) >= 11 is 1.61. The maximum atomic E-state index is 12.7. The summed E-state index contributed by atoms with van der Waals surface area (Å²) in [7, 11) is 0. The number of amides is 1. The number of pyridine rings is 1. The van der Waals surface area contributed by atoms with Gasteiger partial charge in [-0.1, -0.05) is 26.8 Å². The second-order valence-electron chi connectivity index (χ2n) is 6.41. The van der Waals surface area contributed by atoms with Crippen molar-refractivity contribution in [2.75, 3.05) is 13.1 Å². The van der Waals surface area contributed by atoms with Gasteiger partial charge in [-0.2, -0.15) is 0 Å².